The number of hydrogen-bond acceptors (Lipinski definition) is 3. The predicted octanol–water partition coefficient (Wildman–Crippen LogP) is 3.79. The molecule has 3 atom stereocenters. The van der Waals surface area contributed by atoms with Gasteiger partial charge >= 0.3 is 6.03 Å². The van der Waals surface area contributed by atoms with Gasteiger partial charge in [0.05, 0.1) is 17.6 Å². The maximum absolute atomic E-state index is 12.8. The summed E-state index contributed by atoms with van der Waals surface area (Å²) in [6.45, 7) is 2.07. The molecule has 2 aliphatic heterocycles. The molecule has 6 heteroatoms. The van der Waals surface area contributed by atoms with Gasteiger partial charge in [-0.2, -0.15) is 11.8 Å². The van der Waals surface area contributed by atoms with E-state index in [9.17, 15) is 9.59 Å². The summed E-state index contributed by atoms with van der Waals surface area (Å²) >= 11 is 1.92. The molecule has 0 saturated carbocycles. The summed E-state index contributed by atoms with van der Waals surface area (Å²) < 4.78 is 0. The van der Waals surface area contributed by atoms with E-state index in [1.54, 1.807) is 0 Å². The lowest BCUT2D eigenvalue weighted by Crippen LogP contribution is -2.44. The van der Waals surface area contributed by atoms with Crippen molar-refractivity contribution in [2.75, 3.05) is 5.75 Å². The molecule has 2 heterocycles. The van der Waals surface area contributed by atoms with Crippen LogP contribution in [0.5, 0.6) is 0 Å². The average Bonchev–Trinajstić information content (AvgIpc) is 3.31. The Balaban J connectivity index is 1.32. The van der Waals surface area contributed by atoms with Gasteiger partial charge in [0.15, 0.2) is 0 Å². The highest BCUT2D eigenvalue weighted by molar-refractivity contribution is 8.00. The summed E-state index contributed by atoms with van der Waals surface area (Å²) in [7, 11) is 0. The molecule has 2 aliphatic rings. The second kappa shape index (κ2) is 9.13. The van der Waals surface area contributed by atoms with Crippen LogP contribution in [-0.2, 0) is 10.3 Å². The highest BCUT2D eigenvalue weighted by atomic mass is 32.2. The fourth-order valence-corrected chi connectivity index (χ4v) is 6.01. The number of fused-ring (bicyclic) bond motifs is 1. The predicted molar refractivity (Wildman–Crippen MR) is 121 cm³/mol. The van der Waals surface area contributed by atoms with Crippen molar-refractivity contribution in [3.05, 3.63) is 71.8 Å². The van der Waals surface area contributed by atoms with Crippen LogP contribution >= 0.6 is 11.8 Å². The van der Waals surface area contributed by atoms with Gasteiger partial charge in [0.2, 0.25) is 5.91 Å². The molecule has 0 spiro atoms. The largest absolute Gasteiger partial charge is 0.343 e. The molecular weight excluding hydrogens is 394 g/mol. The third-order valence-corrected chi connectivity index (χ3v) is 7.68. The number of carbonyl (C=O) groups is 2. The van der Waals surface area contributed by atoms with Gasteiger partial charge in [0, 0.05) is 17.4 Å². The Kier molecular flexibility index (Phi) is 6.32. The lowest BCUT2D eigenvalue weighted by Gasteiger charge is -2.32. The molecule has 30 heavy (non-hydrogen) atoms. The molecule has 0 unspecified atom stereocenters. The molecule has 2 fully saturated rings. The molecule has 0 bridgehead atoms. The number of nitrogens with one attached hydrogen (secondary N) is 3. The molecule has 3 N–H and O–H groups in total. The van der Waals surface area contributed by atoms with Crippen molar-refractivity contribution in [2.24, 2.45) is 0 Å². The highest BCUT2D eigenvalue weighted by Crippen LogP contribution is 2.33. The maximum atomic E-state index is 12.8. The van der Waals surface area contributed by atoms with Gasteiger partial charge in [-0.05, 0) is 30.9 Å². The zero-order valence-electron chi connectivity index (χ0n) is 17.3. The number of thioether (sulfide) groups is 1. The number of carbonyl (C=O) groups excluding carboxylic acids is 2. The molecule has 5 nitrogen and oxygen atoms in total. The molecule has 158 valence electrons. The first-order valence-electron chi connectivity index (χ1n) is 10.7. The van der Waals surface area contributed by atoms with Gasteiger partial charge in [0.1, 0.15) is 0 Å². The van der Waals surface area contributed by atoms with E-state index in [2.05, 4.69) is 47.1 Å². The Morgan fingerprint density at radius 3 is 2.30 bits per heavy atom. The summed E-state index contributed by atoms with van der Waals surface area (Å²) in [6, 6.07) is 20.7. The zero-order valence-corrected chi connectivity index (χ0v) is 18.1. The third-order valence-electron chi connectivity index (χ3n) is 6.17. The van der Waals surface area contributed by atoms with E-state index in [0.717, 1.165) is 36.1 Å². The van der Waals surface area contributed by atoms with Crippen LogP contribution in [0.4, 0.5) is 4.79 Å². The number of urea groups is 1. The van der Waals surface area contributed by atoms with Gasteiger partial charge in [-0.1, -0.05) is 67.1 Å². The monoisotopic (exact) mass is 423 g/mol. The van der Waals surface area contributed by atoms with E-state index in [4.69, 9.17) is 0 Å². The van der Waals surface area contributed by atoms with Crippen molar-refractivity contribution >= 4 is 23.7 Å². The van der Waals surface area contributed by atoms with Crippen molar-refractivity contribution < 1.29 is 9.59 Å². The second-order valence-electron chi connectivity index (χ2n) is 8.27. The minimum absolute atomic E-state index is 0.0456. The topological polar surface area (TPSA) is 70.2 Å². The minimum Gasteiger partial charge on any atom is -0.343 e. The summed E-state index contributed by atoms with van der Waals surface area (Å²) in [5, 5.41) is 9.74. The van der Waals surface area contributed by atoms with Crippen LogP contribution in [0.25, 0.3) is 0 Å². The van der Waals surface area contributed by atoms with Crippen LogP contribution < -0.4 is 16.0 Å². The Hall–Kier alpha value is -2.47. The van der Waals surface area contributed by atoms with Crippen LogP contribution in [0.2, 0.25) is 0 Å². The molecule has 0 aromatic heterocycles. The molecule has 2 aromatic carbocycles. The fourth-order valence-electron chi connectivity index (χ4n) is 4.47. The molecule has 4 rings (SSSR count). The quantitative estimate of drug-likeness (QED) is 0.447. The van der Waals surface area contributed by atoms with E-state index in [1.807, 2.05) is 48.2 Å². The van der Waals surface area contributed by atoms with Gasteiger partial charge < -0.3 is 16.0 Å². The molecule has 2 aromatic rings. The first-order chi connectivity index (χ1) is 14.6. The highest BCUT2D eigenvalue weighted by Gasteiger charge is 2.42. The molecule has 3 amide bonds. The average molecular weight is 424 g/mol. The SMILES string of the molecule is CC(NC(=O)CCCC[C@@H]1SC[C@@H]2NC(=O)N[C@@H]21)(c1ccccc1)c1ccccc1. The molecule has 0 radical (unpaired) electrons. The zero-order chi connectivity index (χ0) is 21.0. The first-order valence-corrected chi connectivity index (χ1v) is 11.7. The van der Waals surface area contributed by atoms with E-state index in [1.165, 1.54) is 0 Å². The minimum atomic E-state index is -0.562. The lowest BCUT2D eigenvalue weighted by molar-refractivity contribution is -0.122. The number of benzene rings is 2. The number of amides is 3. The summed E-state index contributed by atoms with van der Waals surface area (Å²) in [5.41, 5.74) is 1.58. The van der Waals surface area contributed by atoms with Crippen molar-refractivity contribution in [3.8, 4) is 0 Å². The summed E-state index contributed by atoms with van der Waals surface area (Å²) in [4.78, 5) is 24.3. The van der Waals surface area contributed by atoms with Crippen LogP contribution in [0, 0.1) is 0 Å². The second-order valence-corrected chi connectivity index (χ2v) is 9.55. The standard InChI is InChI=1S/C24H29N3O2S/c1-24(17-10-4-2-5-11-17,18-12-6-3-7-13-18)27-21(28)15-9-8-14-20-22-19(16-30-20)25-23(29)26-22/h2-7,10-13,19-20,22H,8-9,14-16H2,1H3,(H,27,28)(H2,25,26,29)/t19-,20-,22-/m0/s1. The van der Waals surface area contributed by atoms with Gasteiger partial charge in [-0.15, -0.1) is 0 Å². The van der Waals surface area contributed by atoms with Crippen LogP contribution in [0.15, 0.2) is 60.7 Å². The van der Waals surface area contributed by atoms with Crippen LogP contribution in [0.3, 0.4) is 0 Å². The Morgan fingerprint density at radius 1 is 1.03 bits per heavy atom. The molecule has 2 saturated heterocycles. The number of unbranched alkanes of at least 4 members (excludes halogenated alkanes) is 1. The smallest absolute Gasteiger partial charge is 0.315 e. The van der Waals surface area contributed by atoms with Crippen molar-refractivity contribution in [1.29, 1.82) is 0 Å². The van der Waals surface area contributed by atoms with E-state index >= 15 is 0 Å². The molecular formula is C24H29N3O2S. The Morgan fingerprint density at radius 2 is 1.67 bits per heavy atom. The van der Waals surface area contributed by atoms with Gasteiger partial charge in [-0.25, -0.2) is 4.79 Å². The Bertz CT molecular complexity index is 835. The van der Waals surface area contributed by atoms with Gasteiger partial charge in [0.25, 0.3) is 0 Å². The Labute approximate surface area is 182 Å². The first kappa shape index (κ1) is 20.8. The third kappa shape index (κ3) is 4.48. The summed E-state index contributed by atoms with van der Waals surface area (Å²) in [6.07, 6.45) is 3.36. The maximum Gasteiger partial charge on any atom is 0.315 e. The van der Waals surface area contributed by atoms with E-state index in [0.29, 0.717) is 11.7 Å². The van der Waals surface area contributed by atoms with Crippen molar-refractivity contribution in [1.82, 2.24) is 16.0 Å². The van der Waals surface area contributed by atoms with E-state index in [-0.39, 0.29) is 24.0 Å². The normalized spacial score (nSPS) is 22.8. The van der Waals surface area contributed by atoms with Crippen LogP contribution in [-0.4, -0.2) is 35.0 Å². The van der Waals surface area contributed by atoms with Crippen molar-refractivity contribution in [2.45, 2.75) is 55.5 Å². The van der Waals surface area contributed by atoms with Gasteiger partial charge in [-0.3, -0.25) is 4.79 Å². The van der Waals surface area contributed by atoms with E-state index < -0.39 is 5.54 Å². The van der Waals surface area contributed by atoms with Crippen LogP contribution in [0.1, 0.15) is 43.7 Å². The fraction of sp³-hybridized carbons (Fsp3) is 0.417. The number of hydrogen-bond donors (Lipinski definition) is 3. The summed E-state index contributed by atoms with van der Waals surface area (Å²) in [5.74, 6) is 1.04. The van der Waals surface area contributed by atoms with Crippen molar-refractivity contribution in [3.63, 3.8) is 0 Å². The lowest BCUT2D eigenvalue weighted by atomic mass is 9.84. The number of rotatable bonds is 8. The molecule has 0 aliphatic carbocycles.